The largest absolute Gasteiger partial charge is 0.465 e. The van der Waals surface area contributed by atoms with Gasteiger partial charge in [0.05, 0.1) is 6.61 Å². The SMILES string of the molecule is CCOC(=O)[C@H]1NCS[C@@H]1C. The minimum Gasteiger partial charge on any atom is -0.465 e. The Labute approximate surface area is 70.9 Å². The van der Waals surface area contributed by atoms with E-state index in [1.54, 1.807) is 11.8 Å². The van der Waals surface area contributed by atoms with E-state index >= 15 is 0 Å². The van der Waals surface area contributed by atoms with Gasteiger partial charge in [0.1, 0.15) is 6.04 Å². The molecule has 0 amide bonds. The maximum Gasteiger partial charge on any atom is 0.324 e. The zero-order valence-electron chi connectivity index (χ0n) is 6.79. The molecule has 0 bridgehead atoms. The maximum atomic E-state index is 11.2. The molecule has 2 atom stereocenters. The molecule has 1 aliphatic heterocycles. The molecule has 0 aromatic heterocycles. The molecule has 1 heterocycles. The van der Waals surface area contributed by atoms with Crippen molar-refractivity contribution in [2.45, 2.75) is 25.1 Å². The van der Waals surface area contributed by atoms with Gasteiger partial charge in [0, 0.05) is 11.1 Å². The third-order valence-electron chi connectivity index (χ3n) is 1.66. The van der Waals surface area contributed by atoms with E-state index in [2.05, 4.69) is 5.32 Å². The second-order valence-electron chi connectivity index (χ2n) is 2.45. The van der Waals surface area contributed by atoms with Crippen molar-refractivity contribution < 1.29 is 9.53 Å². The molecule has 3 nitrogen and oxygen atoms in total. The van der Waals surface area contributed by atoms with Crippen LogP contribution in [-0.4, -0.2) is 29.7 Å². The fraction of sp³-hybridized carbons (Fsp3) is 0.857. The molecule has 0 saturated carbocycles. The maximum absolute atomic E-state index is 11.2. The molecule has 0 unspecified atom stereocenters. The van der Waals surface area contributed by atoms with Crippen LogP contribution < -0.4 is 5.32 Å². The lowest BCUT2D eigenvalue weighted by atomic mass is 10.2. The number of hydrogen-bond donors (Lipinski definition) is 1. The van der Waals surface area contributed by atoms with Crippen molar-refractivity contribution in [2.75, 3.05) is 12.5 Å². The average molecular weight is 175 g/mol. The van der Waals surface area contributed by atoms with Gasteiger partial charge in [-0.05, 0) is 6.92 Å². The molecule has 1 N–H and O–H groups in total. The van der Waals surface area contributed by atoms with Crippen LogP contribution in [0.1, 0.15) is 13.8 Å². The Hall–Kier alpha value is -0.220. The van der Waals surface area contributed by atoms with Gasteiger partial charge >= 0.3 is 5.97 Å². The summed E-state index contributed by atoms with van der Waals surface area (Å²) in [4.78, 5) is 11.2. The number of ether oxygens (including phenoxy) is 1. The Morgan fingerprint density at radius 1 is 1.82 bits per heavy atom. The molecule has 0 spiro atoms. The standard InChI is InChI=1S/C7H13NO2S/c1-3-10-7(9)6-5(2)11-4-8-6/h5-6,8H,3-4H2,1-2H3/t5-,6+/m1/s1. The van der Waals surface area contributed by atoms with E-state index in [9.17, 15) is 4.79 Å². The van der Waals surface area contributed by atoms with Gasteiger partial charge in [0.25, 0.3) is 0 Å². The first-order valence-electron chi connectivity index (χ1n) is 3.77. The Kier molecular flexibility index (Phi) is 3.20. The number of rotatable bonds is 2. The van der Waals surface area contributed by atoms with Crippen molar-refractivity contribution in [3.05, 3.63) is 0 Å². The molecule has 11 heavy (non-hydrogen) atoms. The summed E-state index contributed by atoms with van der Waals surface area (Å²) in [5.41, 5.74) is 0. The molecule has 1 rings (SSSR count). The van der Waals surface area contributed by atoms with Crippen LogP contribution >= 0.6 is 11.8 Å². The minimum atomic E-state index is -0.120. The number of nitrogens with one attached hydrogen (secondary N) is 1. The zero-order chi connectivity index (χ0) is 8.27. The summed E-state index contributed by atoms with van der Waals surface area (Å²) in [6.07, 6.45) is 0. The molecule has 1 fully saturated rings. The molecule has 0 aromatic rings. The lowest BCUT2D eigenvalue weighted by Gasteiger charge is -2.12. The average Bonchev–Trinajstić information content (AvgIpc) is 2.36. The number of esters is 1. The number of hydrogen-bond acceptors (Lipinski definition) is 4. The first-order valence-corrected chi connectivity index (χ1v) is 4.82. The Morgan fingerprint density at radius 2 is 2.55 bits per heavy atom. The lowest BCUT2D eigenvalue weighted by molar-refractivity contribution is -0.145. The van der Waals surface area contributed by atoms with Crippen molar-refractivity contribution in [1.82, 2.24) is 5.32 Å². The summed E-state index contributed by atoms with van der Waals surface area (Å²) in [6, 6.07) is -0.0973. The van der Waals surface area contributed by atoms with E-state index < -0.39 is 0 Å². The minimum absolute atomic E-state index is 0.0973. The van der Waals surface area contributed by atoms with Gasteiger partial charge in [-0.15, -0.1) is 11.8 Å². The molecule has 0 aromatic carbocycles. The summed E-state index contributed by atoms with van der Waals surface area (Å²) in [5.74, 6) is 0.731. The topological polar surface area (TPSA) is 38.3 Å². The monoisotopic (exact) mass is 175 g/mol. The van der Waals surface area contributed by atoms with Crippen LogP contribution in [0.5, 0.6) is 0 Å². The molecular formula is C7H13NO2S. The third-order valence-corrected chi connectivity index (χ3v) is 2.79. The van der Waals surface area contributed by atoms with Crippen LogP contribution in [0.15, 0.2) is 0 Å². The quantitative estimate of drug-likeness (QED) is 0.624. The Morgan fingerprint density at radius 3 is 3.00 bits per heavy atom. The van der Waals surface area contributed by atoms with Gasteiger partial charge < -0.3 is 4.74 Å². The van der Waals surface area contributed by atoms with Crippen LogP contribution in [0.2, 0.25) is 0 Å². The van der Waals surface area contributed by atoms with Crippen LogP contribution in [0.4, 0.5) is 0 Å². The van der Waals surface area contributed by atoms with Crippen LogP contribution in [0.25, 0.3) is 0 Å². The first-order chi connectivity index (χ1) is 5.25. The highest BCUT2D eigenvalue weighted by atomic mass is 32.2. The fourth-order valence-electron chi connectivity index (χ4n) is 1.04. The van der Waals surface area contributed by atoms with Gasteiger partial charge in [-0.3, -0.25) is 10.1 Å². The van der Waals surface area contributed by atoms with Crippen molar-refractivity contribution >= 4 is 17.7 Å². The predicted molar refractivity (Wildman–Crippen MR) is 45.5 cm³/mol. The summed E-state index contributed by atoms with van der Waals surface area (Å²) in [5, 5.41) is 3.42. The van der Waals surface area contributed by atoms with E-state index in [1.807, 2.05) is 13.8 Å². The van der Waals surface area contributed by atoms with E-state index in [-0.39, 0.29) is 12.0 Å². The van der Waals surface area contributed by atoms with E-state index in [0.717, 1.165) is 5.88 Å². The highest BCUT2D eigenvalue weighted by molar-refractivity contribution is 8.00. The van der Waals surface area contributed by atoms with E-state index in [1.165, 1.54) is 0 Å². The lowest BCUT2D eigenvalue weighted by Crippen LogP contribution is -2.38. The first kappa shape index (κ1) is 8.87. The molecule has 4 heteroatoms. The second kappa shape index (κ2) is 3.97. The second-order valence-corrected chi connectivity index (χ2v) is 3.82. The van der Waals surface area contributed by atoms with Crippen LogP contribution in [0.3, 0.4) is 0 Å². The summed E-state index contributed by atoms with van der Waals surface area (Å²) >= 11 is 1.75. The smallest absolute Gasteiger partial charge is 0.324 e. The van der Waals surface area contributed by atoms with Gasteiger partial charge in [-0.1, -0.05) is 6.92 Å². The normalized spacial score (nSPS) is 30.4. The predicted octanol–water partition coefficient (Wildman–Crippen LogP) is 0.600. The highest BCUT2D eigenvalue weighted by Crippen LogP contribution is 2.20. The van der Waals surface area contributed by atoms with Gasteiger partial charge in [-0.2, -0.15) is 0 Å². The van der Waals surface area contributed by atoms with Gasteiger partial charge in [0.2, 0.25) is 0 Å². The molecule has 1 saturated heterocycles. The number of carbonyl (C=O) groups excluding carboxylic acids is 1. The third kappa shape index (κ3) is 2.10. The summed E-state index contributed by atoms with van der Waals surface area (Å²) < 4.78 is 4.88. The fourth-order valence-corrected chi connectivity index (χ4v) is 1.98. The highest BCUT2D eigenvalue weighted by Gasteiger charge is 2.30. The van der Waals surface area contributed by atoms with Crippen molar-refractivity contribution in [2.24, 2.45) is 0 Å². The van der Waals surface area contributed by atoms with Crippen LogP contribution in [-0.2, 0) is 9.53 Å². The van der Waals surface area contributed by atoms with Crippen molar-refractivity contribution in [3.63, 3.8) is 0 Å². The Balaban J connectivity index is 2.39. The van der Waals surface area contributed by atoms with E-state index in [0.29, 0.717) is 11.9 Å². The van der Waals surface area contributed by atoms with Gasteiger partial charge in [-0.25, -0.2) is 0 Å². The molecular weight excluding hydrogens is 162 g/mol. The molecule has 0 aliphatic carbocycles. The number of carbonyl (C=O) groups is 1. The molecule has 0 radical (unpaired) electrons. The molecule has 64 valence electrons. The van der Waals surface area contributed by atoms with Crippen molar-refractivity contribution in [1.29, 1.82) is 0 Å². The van der Waals surface area contributed by atoms with Gasteiger partial charge in [0.15, 0.2) is 0 Å². The number of thioether (sulfide) groups is 1. The van der Waals surface area contributed by atoms with Crippen molar-refractivity contribution in [3.8, 4) is 0 Å². The summed E-state index contributed by atoms with van der Waals surface area (Å²) in [7, 11) is 0. The van der Waals surface area contributed by atoms with E-state index in [4.69, 9.17) is 4.74 Å². The van der Waals surface area contributed by atoms with Crippen LogP contribution in [0, 0.1) is 0 Å². The zero-order valence-corrected chi connectivity index (χ0v) is 7.61. The Bertz CT molecular complexity index is 151. The summed E-state index contributed by atoms with van der Waals surface area (Å²) in [6.45, 7) is 4.32. The molecule has 1 aliphatic rings.